The van der Waals surface area contributed by atoms with E-state index in [4.69, 9.17) is 0 Å². The summed E-state index contributed by atoms with van der Waals surface area (Å²) in [6.45, 7) is 6.84. The maximum Gasteiger partial charge on any atom is -0.0106 e. The highest BCUT2D eigenvalue weighted by Crippen LogP contribution is 2.38. The number of rotatable bonds is 4. The number of allylic oxidation sites excluding steroid dienone is 4. The summed E-state index contributed by atoms with van der Waals surface area (Å²) < 4.78 is 0. The van der Waals surface area contributed by atoms with E-state index in [0.717, 1.165) is 12.8 Å². The smallest absolute Gasteiger partial charge is 0.0106 e. The quantitative estimate of drug-likeness (QED) is 0.582. The fourth-order valence-corrected chi connectivity index (χ4v) is 3.51. The molecule has 2 aromatic carbocycles. The zero-order valence-electron chi connectivity index (χ0n) is 14.5. The molecular weight excluding hydrogens is 276 g/mol. The molecule has 1 aliphatic rings. The second-order valence-corrected chi connectivity index (χ2v) is 6.54. The van der Waals surface area contributed by atoms with E-state index >= 15 is 0 Å². The lowest BCUT2D eigenvalue weighted by Crippen LogP contribution is -2.04. The van der Waals surface area contributed by atoms with Crippen LogP contribution in [-0.2, 0) is 0 Å². The van der Waals surface area contributed by atoms with E-state index in [-0.39, 0.29) is 0 Å². The second kappa shape index (κ2) is 7.00. The first kappa shape index (κ1) is 15.8. The summed E-state index contributed by atoms with van der Waals surface area (Å²) in [7, 11) is 0. The van der Waals surface area contributed by atoms with Crippen molar-refractivity contribution < 1.29 is 0 Å². The van der Waals surface area contributed by atoms with Crippen LogP contribution >= 0.6 is 0 Å². The van der Waals surface area contributed by atoms with Crippen LogP contribution in [0.1, 0.15) is 44.2 Å². The number of hydrogen-bond donors (Lipinski definition) is 0. The number of aryl methyl sites for hydroxylation is 1. The predicted octanol–water partition coefficient (Wildman–Crippen LogP) is 6.81. The van der Waals surface area contributed by atoms with E-state index < -0.39 is 0 Å². The van der Waals surface area contributed by atoms with E-state index in [2.05, 4.69) is 81.5 Å². The van der Waals surface area contributed by atoms with Crippen molar-refractivity contribution in [2.75, 3.05) is 0 Å². The standard InChI is InChI=1S/C23H26/c1-4-17(2)19-12-7-8-14-21(19)23-16-10-9-15-22(23)20-13-6-5-11-18(20)3/h5-7,9-13,15-17H,4,8,14H2,1-3H3. The van der Waals surface area contributed by atoms with Crippen molar-refractivity contribution in [2.45, 2.75) is 40.0 Å². The third kappa shape index (κ3) is 3.17. The normalized spacial score (nSPS) is 15.8. The molecule has 0 spiro atoms. The first-order chi connectivity index (χ1) is 11.2. The molecule has 1 unspecified atom stereocenters. The Kier molecular flexibility index (Phi) is 4.81. The molecule has 23 heavy (non-hydrogen) atoms. The molecule has 1 aliphatic carbocycles. The van der Waals surface area contributed by atoms with Gasteiger partial charge in [-0.1, -0.05) is 74.5 Å². The van der Waals surface area contributed by atoms with Crippen LogP contribution in [-0.4, -0.2) is 0 Å². The Morgan fingerprint density at radius 2 is 1.57 bits per heavy atom. The molecule has 0 aliphatic heterocycles. The minimum atomic E-state index is 0.617. The van der Waals surface area contributed by atoms with Crippen LogP contribution in [0.15, 0.2) is 66.3 Å². The first-order valence-electron chi connectivity index (χ1n) is 8.77. The summed E-state index contributed by atoms with van der Waals surface area (Å²) in [5.41, 5.74) is 8.56. The molecule has 0 fully saturated rings. The number of hydrogen-bond acceptors (Lipinski definition) is 0. The molecule has 0 aromatic heterocycles. The number of benzene rings is 2. The van der Waals surface area contributed by atoms with Gasteiger partial charge in [0.05, 0.1) is 0 Å². The maximum atomic E-state index is 2.36. The van der Waals surface area contributed by atoms with Crippen LogP contribution in [0.4, 0.5) is 0 Å². The van der Waals surface area contributed by atoms with Crippen molar-refractivity contribution in [3.63, 3.8) is 0 Å². The Morgan fingerprint density at radius 1 is 0.913 bits per heavy atom. The summed E-state index contributed by atoms with van der Waals surface area (Å²) in [5.74, 6) is 0.617. The lowest BCUT2D eigenvalue weighted by molar-refractivity contribution is 0.666. The van der Waals surface area contributed by atoms with Crippen LogP contribution in [0.25, 0.3) is 16.7 Å². The van der Waals surface area contributed by atoms with Gasteiger partial charge in [0.1, 0.15) is 0 Å². The average Bonchev–Trinajstić information content (AvgIpc) is 2.61. The molecule has 0 bridgehead atoms. The molecule has 1 atom stereocenters. The summed E-state index contributed by atoms with van der Waals surface area (Å²) >= 11 is 0. The lowest BCUT2D eigenvalue weighted by atomic mass is 9.81. The lowest BCUT2D eigenvalue weighted by Gasteiger charge is -2.23. The molecule has 0 heteroatoms. The van der Waals surface area contributed by atoms with Crippen LogP contribution < -0.4 is 0 Å². The molecular formula is C23H26. The van der Waals surface area contributed by atoms with Gasteiger partial charge < -0.3 is 0 Å². The summed E-state index contributed by atoms with van der Waals surface area (Å²) in [6.07, 6.45) is 8.19. The first-order valence-corrected chi connectivity index (χ1v) is 8.77. The van der Waals surface area contributed by atoms with Gasteiger partial charge in [0.15, 0.2) is 0 Å². The van der Waals surface area contributed by atoms with Crippen molar-refractivity contribution in [3.05, 3.63) is 77.4 Å². The monoisotopic (exact) mass is 302 g/mol. The third-order valence-corrected chi connectivity index (χ3v) is 5.04. The maximum absolute atomic E-state index is 2.36. The van der Waals surface area contributed by atoms with E-state index in [0.29, 0.717) is 5.92 Å². The SMILES string of the molecule is CCC(C)C1=C(c2ccccc2-c2ccccc2C)CCC=C1. The van der Waals surface area contributed by atoms with Gasteiger partial charge in [-0.25, -0.2) is 0 Å². The Balaban J connectivity index is 2.19. The zero-order chi connectivity index (χ0) is 16.2. The Hall–Kier alpha value is -2.08. The molecule has 2 aromatic rings. The van der Waals surface area contributed by atoms with Gasteiger partial charge in [-0.3, -0.25) is 0 Å². The third-order valence-electron chi connectivity index (χ3n) is 5.04. The van der Waals surface area contributed by atoms with Crippen molar-refractivity contribution in [1.82, 2.24) is 0 Å². The predicted molar refractivity (Wildman–Crippen MR) is 101 cm³/mol. The second-order valence-electron chi connectivity index (χ2n) is 6.54. The highest BCUT2D eigenvalue weighted by molar-refractivity contribution is 5.85. The van der Waals surface area contributed by atoms with E-state index in [1.54, 1.807) is 5.57 Å². The Bertz CT molecular complexity index is 746. The van der Waals surface area contributed by atoms with E-state index in [1.807, 2.05) is 0 Å². The summed E-state index contributed by atoms with van der Waals surface area (Å²) in [5, 5.41) is 0. The molecule has 0 saturated heterocycles. The fraction of sp³-hybridized carbons (Fsp3) is 0.304. The van der Waals surface area contributed by atoms with Crippen LogP contribution in [0, 0.1) is 12.8 Å². The summed E-state index contributed by atoms with van der Waals surface area (Å²) in [4.78, 5) is 0. The van der Waals surface area contributed by atoms with Gasteiger partial charge in [-0.2, -0.15) is 0 Å². The molecule has 0 N–H and O–H groups in total. The highest BCUT2D eigenvalue weighted by Gasteiger charge is 2.18. The van der Waals surface area contributed by atoms with Gasteiger partial charge in [-0.05, 0) is 65.5 Å². The molecule has 0 radical (unpaired) electrons. The van der Waals surface area contributed by atoms with Gasteiger partial charge in [0.25, 0.3) is 0 Å². The van der Waals surface area contributed by atoms with Gasteiger partial charge in [-0.15, -0.1) is 0 Å². The fourth-order valence-electron chi connectivity index (χ4n) is 3.51. The average molecular weight is 302 g/mol. The molecule has 118 valence electrons. The van der Waals surface area contributed by atoms with Gasteiger partial charge in [0.2, 0.25) is 0 Å². The molecule has 3 rings (SSSR count). The summed E-state index contributed by atoms with van der Waals surface area (Å²) in [6, 6.07) is 17.6. The van der Waals surface area contributed by atoms with Crippen LogP contribution in [0.2, 0.25) is 0 Å². The largest absolute Gasteiger partial charge is 0.0839 e. The zero-order valence-corrected chi connectivity index (χ0v) is 14.5. The topological polar surface area (TPSA) is 0 Å². The minimum Gasteiger partial charge on any atom is -0.0839 e. The highest BCUT2D eigenvalue weighted by atomic mass is 14.2. The van der Waals surface area contributed by atoms with Gasteiger partial charge in [0, 0.05) is 0 Å². The molecule has 0 amide bonds. The van der Waals surface area contributed by atoms with Crippen LogP contribution in [0.5, 0.6) is 0 Å². The van der Waals surface area contributed by atoms with E-state index in [9.17, 15) is 0 Å². The molecule has 0 nitrogen and oxygen atoms in total. The van der Waals surface area contributed by atoms with E-state index in [1.165, 1.54) is 34.2 Å². The van der Waals surface area contributed by atoms with Crippen molar-refractivity contribution in [1.29, 1.82) is 0 Å². The van der Waals surface area contributed by atoms with Crippen molar-refractivity contribution in [2.24, 2.45) is 5.92 Å². The van der Waals surface area contributed by atoms with Crippen LogP contribution in [0.3, 0.4) is 0 Å². The Labute approximate surface area is 140 Å². The van der Waals surface area contributed by atoms with Gasteiger partial charge >= 0.3 is 0 Å². The minimum absolute atomic E-state index is 0.617. The molecule has 0 heterocycles. The van der Waals surface area contributed by atoms with Crippen molar-refractivity contribution >= 4 is 5.57 Å². The molecule has 0 saturated carbocycles. The Morgan fingerprint density at radius 3 is 2.26 bits per heavy atom. The van der Waals surface area contributed by atoms with Crippen molar-refractivity contribution in [3.8, 4) is 11.1 Å².